The van der Waals surface area contributed by atoms with Crippen LogP contribution < -0.4 is 21.8 Å². The van der Waals surface area contributed by atoms with Gasteiger partial charge < -0.3 is 39.4 Å². The van der Waals surface area contributed by atoms with E-state index in [0.717, 1.165) is 60.5 Å². The van der Waals surface area contributed by atoms with Crippen molar-refractivity contribution >= 4 is 23.8 Å². The molecule has 0 aliphatic carbocycles. The number of carboxylic acids is 1. The molecule has 0 radical (unpaired) electrons. The van der Waals surface area contributed by atoms with Crippen molar-refractivity contribution in [1.29, 1.82) is 0 Å². The molecule has 0 bridgehead atoms. The van der Waals surface area contributed by atoms with Gasteiger partial charge in [0.25, 0.3) is 11.1 Å². The monoisotopic (exact) mass is 1350 g/mol. The Hall–Kier alpha value is -8.12. The highest BCUT2D eigenvalue weighted by molar-refractivity contribution is 5.83. The zero-order valence-electron chi connectivity index (χ0n) is 55.9. The van der Waals surface area contributed by atoms with E-state index in [2.05, 4.69) is 10.6 Å². The average Bonchev–Trinajstić information content (AvgIpc) is 0.788. The lowest BCUT2D eigenvalue weighted by atomic mass is 9.90. The van der Waals surface area contributed by atoms with Crippen molar-refractivity contribution in [3.63, 3.8) is 0 Å². The van der Waals surface area contributed by atoms with Gasteiger partial charge in [-0.2, -0.15) is 26.3 Å². The lowest BCUT2D eigenvalue weighted by molar-refractivity contribution is -0.144. The Labute approximate surface area is 552 Å². The Balaban J connectivity index is 0.000000271. The van der Waals surface area contributed by atoms with Gasteiger partial charge in [-0.15, -0.1) is 0 Å². The summed E-state index contributed by atoms with van der Waals surface area (Å²) in [5, 5.41) is 15.1. The Kier molecular flexibility index (Phi) is 25.0. The number of carbonyl (C=O) groups excluding carboxylic acids is 3. The van der Waals surface area contributed by atoms with Crippen molar-refractivity contribution < 1.29 is 72.9 Å². The number of esters is 1. The number of rotatable bonds is 25. The summed E-state index contributed by atoms with van der Waals surface area (Å²) in [5.41, 5.74) is 0.481. The molecule has 520 valence electrons. The fourth-order valence-electron chi connectivity index (χ4n) is 12.6. The van der Waals surface area contributed by atoms with Crippen LogP contribution in [0.15, 0.2) is 82.6 Å². The van der Waals surface area contributed by atoms with E-state index in [1.54, 1.807) is 74.4 Å². The number of nitrogens with zero attached hydrogens (tertiary/aromatic N) is 4. The maximum absolute atomic E-state index is 16.0. The van der Waals surface area contributed by atoms with Gasteiger partial charge in [0.1, 0.15) is 35.4 Å². The molecule has 0 spiro atoms. The summed E-state index contributed by atoms with van der Waals surface area (Å²) < 4.78 is 151. The largest absolute Gasteiger partial charge is 0.481 e. The molecule has 2 aliphatic rings. The maximum Gasteiger partial charge on any atom is 0.416 e. The van der Waals surface area contributed by atoms with E-state index in [0.29, 0.717) is 69.7 Å². The number of pyridine rings is 2. The number of aromatic nitrogens is 2. The summed E-state index contributed by atoms with van der Waals surface area (Å²) in [5.74, 6) is -6.35. The van der Waals surface area contributed by atoms with E-state index in [9.17, 15) is 69.0 Å². The normalized spacial score (nSPS) is 14.9. The van der Waals surface area contributed by atoms with Crippen molar-refractivity contribution in [3.05, 3.63) is 184 Å². The number of hydrogen-bond acceptors (Lipinski definition) is 9. The number of likely N-dealkylation sites (tertiary alicyclic amines) is 2. The third-order valence-electron chi connectivity index (χ3n) is 17.5. The van der Waals surface area contributed by atoms with Crippen LogP contribution in [0.4, 0.5) is 43.9 Å². The van der Waals surface area contributed by atoms with Crippen LogP contribution in [-0.2, 0) is 49.1 Å². The molecule has 2 amide bonds. The Morgan fingerprint density at radius 2 is 0.885 bits per heavy atom. The van der Waals surface area contributed by atoms with Crippen LogP contribution in [0, 0.1) is 76.6 Å². The van der Waals surface area contributed by atoms with Crippen molar-refractivity contribution in [2.45, 2.75) is 164 Å². The third-order valence-corrected chi connectivity index (χ3v) is 17.5. The van der Waals surface area contributed by atoms with E-state index in [-0.39, 0.29) is 77.5 Å². The molecule has 4 atom stereocenters. The molecule has 3 N–H and O–H groups in total. The highest BCUT2D eigenvalue weighted by atomic mass is 19.4. The number of amides is 2. The van der Waals surface area contributed by atoms with Crippen LogP contribution in [0.2, 0.25) is 0 Å². The zero-order chi connectivity index (χ0) is 71.0. The SMILES string of the molecule is CCOC(=O)C[C@H](NC(=O)C(CC(C)C)n1cc(CCN2CCC2)c(C(F)(F)F)cc1=O)c1cc(-c2c(C)cc(F)cc2C)cc(C)c1F.Cc1cc(-c2c(C)cc(F)cc2C)cc([C@H](CC(=O)O)NC(=O)C(CC(C)C)n2cc(CCN3CCC3)c(C(F)(F)F)cc2=O)c1F. The molecule has 2 aliphatic heterocycles. The molecule has 2 aromatic heterocycles. The molecule has 4 heterocycles. The lowest BCUT2D eigenvalue weighted by Crippen LogP contribution is -2.41. The van der Waals surface area contributed by atoms with Crippen molar-refractivity contribution in [2.24, 2.45) is 11.8 Å². The summed E-state index contributed by atoms with van der Waals surface area (Å²) in [7, 11) is 0. The Bertz CT molecular complexity index is 3920. The minimum Gasteiger partial charge on any atom is -0.481 e. The highest BCUT2D eigenvalue weighted by Gasteiger charge is 2.39. The van der Waals surface area contributed by atoms with E-state index in [4.69, 9.17) is 4.74 Å². The third kappa shape index (κ3) is 18.9. The number of carbonyl (C=O) groups is 4. The van der Waals surface area contributed by atoms with Crippen LogP contribution in [0.1, 0.15) is 164 Å². The number of hydrogen-bond donors (Lipinski definition) is 3. The van der Waals surface area contributed by atoms with Gasteiger partial charge >= 0.3 is 24.3 Å². The van der Waals surface area contributed by atoms with E-state index < -0.39 is 119 Å². The second kappa shape index (κ2) is 31.8. The molecule has 6 aromatic rings. The van der Waals surface area contributed by atoms with E-state index >= 15 is 8.78 Å². The first-order valence-electron chi connectivity index (χ1n) is 32.2. The Morgan fingerprint density at radius 3 is 1.19 bits per heavy atom. The van der Waals surface area contributed by atoms with Gasteiger partial charge in [-0.05, 0) is 240 Å². The van der Waals surface area contributed by atoms with Gasteiger partial charge in [0.15, 0.2) is 0 Å². The van der Waals surface area contributed by atoms with E-state index in [1.165, 1.54) is 50.2 Å². The average molecular weight is 1350 g/mol. The molecular formula is C72H84F10N6O8. The topological polar surface area (TPSA) is 172 Å². The first-order valence-corrected chi connectivity index (χ1v) is 32.2. The fraction of sp³-hybridized carbons (Fsp3) is 0.472. The van der Waals surface area contributed by atoms with Gasteiger partial charge in [-0.25, -0.2) is 17.6 Å². The first kappa shape index (κ1) is 75.3. The van der Waals surface area contributed by atoms with Gasteiger partial charge in [0, 0.05) is 48.7 Å². The van der Waals surface area contributed by atoms with Crippen LogP contribution in [0.25, 0.3) is 22.3 Å². The van der Waals surface area contributed by atoms with Gasteiger partial charge in [0.2, 0.25) is 11.8 Å². The summed E-state index contributed by atoms with van der Waals surface area (Å²) in [6, 6.07) is 7.22. The van der Waals surface area contributed by atoms with Crippen molar-refractivity contribution in [3.8, 4) is 22.3 Å². The summed E-state index contributed by atoms with van der Waals surface area (Å²) >= 11 is 0. The van der Waals surface area contributed by atoms with Crippen LogP contribution in [0.5, 0.6) is 0 Å². The highest BCUT2D eigenvalue weighted by Crippen LogP contribution is 2.39. The molecule has 2 saturated heterocycles. The number of alkyl halides is 6. The lowest BCUT2D eigenvalue weighted by Gasteiger charge is -2.31. The minimum absolute atomic E-state index is 0.00623. The van der Waals surface area contributed by atoms with E-state index in [1.807, 2.05) is 9.80 Å². The van der Waals surface area contributed by atoms with Crippen molar-refractivity contribution in [1.82, 2.24) is 29.6 Å². The van der Waals surface area contributed by atoms with Gasteiger partial charge in [-0.3, -0.25) is 28.8 Å². The number of aryl methyl sites for hydroxylation is 6. The standard InChI is InChI=1S/C37H44F5N3O4.C35H40F5N3O4/c1-7-49-33(47)19-30(28-17-26(14-24(6)35(28)39)34-22(4)15-27(38)16-23(34)5)43-36(48)31(13-21(2)3)45-20-25(9-12-44-10-8-11-44)29(18-32(45)46)37(40,41)42;1-19(2)11-29(43-18-23(7-10-42-8-6-9-42)27(16-30(43)44)35(38,39)40)34(47)41-28(17-31(45)46)26-15-24(12-22(5)33(26)37)32-20(3)13-25(36)14-21(32)4/h14-18,20-21,30-31H,7-13,19H2,1-6H3,(H,43,48);12-16,18-19,28-29H,6-11,17H2,1-5H3,(H,41,47)(H,45,46)/t30-,31?;28-,29?/m00/s1. The second-order valence-corrected chi connectivity index (χ2v) is 26.0. The van der Waals surface area contributed by atoms with Gasteiger partial charge in [-0.1, -0.05) is 27.7 Å². The smallest absolute Gasteiger partial charge is 0.416 e. The number of nitrogens with one attached hydrogen (secondary N) is 2. The number of halogens is 10. The summed E-state index contributed by atoms with van der Waals surface area (Å²) in [4.78, 5) is 83.4. The Morgan fingerprint density at radius 1 is 0.531 bits per heavy atom. The van der Waals surface area contributed by atoms with Crippen LogP contribution in [0.3, 0.4) is 0 Å². The molecule has 2 unspecified atom stereocenters. The van der Waals surface area contributed by atoms with Crippen molar-refractivity contribution in [2.75, 3.05) is 45.9 Å². The predicted octanol–water partition coefficient (Wildman–Crippen LogP) is 14.3. The first-order chi connectivity index (χ1) is 44.9. The van der Waals surface area contributed by atoms with Crippen LogP contribution in [-0.4, -0.2) is 93.7 Å². The molecule has 96 heavy (non-hydrogen) atoms. The quantitative estimate of drug-likeness (QED) is 0.0370. The maximum atomic E-state index is 16.0. The second-order valence-electron chi connectivity index (χ2n) is 26.0. The number of carboxylic acid groups (broad SMARTS) is 1. The molecule has 4 aromatic carbocycles. The number of ether oxygens (including phenoxy) is 1. The van der Waals surface area contributed by atoms with Crippen LogP contribution >= 0.6 is 0 Å². The molecular weight excluding hydrogens is 1270 g/mol. The molecule has 2 fully saturated rings. The molecule has 14 nitrogen and oxygen atoms in total. The number of aliphatic carboxylic acids is 1. The zero-order valence-corrected chi connectivity index (χ0v) is 55.9. The minimum atomic E-state index is -4.79. The summed E-state index contributed by atoms with van der Waals surface area (Å²) in [6.07, 6.45) is -6.49. The van der Waals surface area contributed by atoms with Gasteiger partial charge in [0.05, 0.1) is 42.7 Å². The fourth-order valence-corrected chi connectivity index (χ4v) is 12.6. The summed E-state index contributed by atoms with van der Waals surface area (Å²) in [6.45, 7) is 22.4. The molecule has 0 saturated carbocycles. The molecule has 24 heteroatoms. The predicted molar refractivity (Wildman–Crippen MR) is 345 cm³/mol. The molecule has 8 rings (SSSR count). The number of benzene rings is 4.